The molecule has 1 aliphatic heterocycles. The summed E-state index contributed by atoms with van der Waals surface area (Å²) in [6, 6.07) is 0. The molecule has 0 aromatic carbocycles. The summed E-state index contributed by atoms with van der Waals surface area (Å²) >= 11 is 1.68. The van der Waals surface area contributed by atoms with Gasteiger partial charge in [0.2, 0.25) is 5.91 Å². The Bertz CT molecular complexity index is 381. The minimum absolute atomic E-state index is 0.0348. The van der Waals surface area contributed by atoms with Crippen molar-refractivity contribution >= 4 is 23.6 Å². The van der Waals surface area contributed by atoms with Gasteiger partial charge in [-0.05, 0) is 36.3 Å². The van der Waals surface area contributed by atoms with Crippen LogP contribution >= 0.6 is 11.8 Å². The van der Waals surface area contributed by atoms with Crippen LogP contribution in [-0.4, -0.2) is 46.0 Å². The Morgan fingerprint density at radius 1 is 1.30 bits per heavy atom. The first-order chi connectivity index (χ1) is 9.45. The number of thioether (sulfide) groups is 1. The van der Waals surface area contributed by atoms with E-state index in [9.17, 15) is 14.7 Å². The number of aliphatic carboxylic acids is 1. The van der Waals surface area contributed by atoms with Gasteiger partial charge in [0.15, 0.2) is 0 Å². The van der Waals surface area contributed by atoms with Crippen LogP contribution in [0, 0.1) is 23.7 Å². The quantitative estimate of drug-likeness (QED) is 0.818. The van der Waals surface area contributed by atoms with E-state index in [4.69, 9.17) is 0 Å². The summed E-state index contributed by atoms with van der Waals surface area (Å²) in [5, 5.41) is 9.33. The van der Waals surface area contributed by atoms with Crippen molar-refractivity contribution in [1.29, 1.82) is 0 Å². The van der Waals surface area contributed by atoms with E-state index in [0.717, 1.165) is 18.6 Å². The largest absolute Gasteiger partial charge is 0.481 e. The van der Waals surface area contributed by atoms with E-state index in [1.54, 1.807) is 11.8 Å². The molecule has 0 aromatic rings. The van der Waals surface area contributed by atoms with Crippen LogP contribution in [0.15, 0.2) is 0 Å². The second-order valence-corrected chi connectivity index (χ2v) is 7.73. The highest BCUT2D eigenvalue weighted by atomic mass is 32.2. The standard InChI is InChI=1S/C15H25NO3S/c1-4-20-13(9(2)3)14(17)16-7-11(10-5-6-10)12(8-16)15(18)19/h9-13H,4-8H2,1-3H3,(H,18,19)/t11-,12+,13?/m1/s1. The molecule has 0 bridgehead atoms. The molecule has 5 heteroatoms. The van der Waals surface area contributed by atoms with Crippen molar-refractivity contribution < 1.29 is 14.7 Å². The van der Waals surface area contributed by atoms with Crippen molar-refractivity contribution in [2.24, 2.45) is 23.7 Å². The zero-order valence-corrected chi connectivity index (χ0v) is 13.4. The summed E-state index contributed by atoms with van der Waals surface area (Å²) in [7, 11) is 0. The van der Waals surface area contributed by atoms with Crippen LogP contribution in [0.2, 0.25) is 0 Å². The molecule has 1 saturated heterocycles. The highest BCUT2D eigenvalue weighted by Crippen LogP contribution is 2.44. The number of likely N-dealkylation sites (tertiary alicyclic amines) is 1. The third-order valence-electron chi connectivity index (χ3n) is 4.42. The Morgan fingerprint density at radius 3 is 2.40 bits per heavy atom. The van der Waals surface area contributed by atoms with Gasteiger partial charge in [0, 0.05) is 13.1 Å². The van der Waals surface area contributed by atoms with E-state index in [0.29, 0.717) is 19.0 Å². The molecule has 0 spiro atoms. The number of rotatable bonds is 6. The van der Waals surface area contributed by atoms with Crippen molar-refractivity contribution in [2.45, 2.75) is 38.9 Å². The molecule has 114 valence electrons. The van der Waals surface area contributed by atoms with E-state index in [1.165, 1.54) is 0 Å². The van der Waals surface area contributed by atoms with Crippen LogP contribution in [-0.2, 0) is 9.59 Å². The smallest absolute Gasteiger partial charge is 0.308 e. The molecule has 1 aliphatic carbocycles. The van der Waals surface area contributed by atoms with Crippen molar-refractivity contribution in [3.63, 3.8) is 0 Å². The number of hydrogen-bond donors (Lipinski definition) is 1. The summed E-state index contributed by atoms with van der Waals surface area (Å²) in [5.74, 6) is 0.960. The normalized spacial score (nSPS) is 27.9. The van der Waals surface area contributed by atoms with E-state index >= 15 is 0 Å². The van der Waals surface area contributed by atoms with Gasteiger partial charge in [-0.15, -0.1) is 11.8 Å². The Morgan fingerprint density at radius 2 is 1.95 bits per heavy atom. The lowest BCUT2D eigenvalue weighted by atomic mass is 9.92. The molecule has 0 aromatic heterocycles. The molecule has 2 rings (SSSR count). The second kappa shape index (κ2) is 6.37. The van der Waals surface area contributed by atoms with Crippen molar-refractivity contribution in [1.82, 2.24) is 4.90 Å². The Kier molecular flexibility index (Phi) is 4.99. The molecule has 2 aliphatic rings. The molecule has 1 N–H and O–H groups in total. The fraction of sp³-hybridized carbons (Fsp3) is 0.867. The van der Waals surface area contributed by atoms with E-state index < -0.39 is 5.97 Å². The third kappa shape index (κ3) is 3.30. The summed E-state index contributed by atoms with van der Waals surface area (Å²) in [6.07, 6.45) is 2.27. The average Bonchev–Trinajstić information content (AvgIpc) is 3.13. The zero-order chi connectivity index (χ0) is 14.9. The van der Waals surface area contributed by atoms with Gasteiger partial charge in [0.05, 0.1) is 11.2 Å². The first kappa shape index (κ1) is 15.7. The van der Waals surface area contributed by atoms with Crippen LogP contribution in [0.3, 0.4) is 0 Å². The highest BCUT2D eigenvalue weighted by Gasteiger charge is 2.47. The predicted molar refractivity (Wildman–Crippen MR) is 80.7 cm³/mol. The lowest BCUT2D eigenvalue weighted by Gasteiger charge is -2.25. The van der Waals surface area contributed by atoms with Crippen molar-refractivity contribution in [2.75, 3.05) is 18.8 Å². The molecule has 3 atom stereocenters. The predicted octanol–water partition coefficient (Wildman–Crippen LogP) is 2.33. The summed E-state index contributed by atoms with van der Waals surface area (Å²) in [5.41, 5.74) is 0. The molecule has 1 heterocycles. The highest BCUT2D eigenvalue weighted by molar-refractivity contribution is 8.00. The maximum absolute atomic E-state index is 12.6. The molecule has 1 amide bonds. The van der Waals surface area contributed by atoms with Crippen molar-refractivity contribution in [3.8, 4) is 0 Å². The fourth-order valence-corrected chi connectivity index (χ4v) is 4.22. The number of carbonyl (C=O) groups excluding carboxylic acids is 1. The number of carboxylic acid groups (broad SMARTS) is 1. The first-order valence-corrected chi connectivity index (χ1v) is 8.63. The van der Waals surface area contributed by atoms with Gasteiger partial charge in [-0.1, -0.05) is 20.8 Å². The van der Waals surface area contributed by atoms with Crippen LogP contribution in [0.1, 0.15) is 33.6 Å². The van der Waals surface area contributed by atoms with Crippen LogP contribution in [0.25, 0.3) is 0 Å². The fourth-order valence-electron chi connectivity index (χ4n) is 3.18. The maximum Gasteiger partial charge on any atom is 0.308 e. The van der Waals surface area contributed by atoms with Gasteiger partial charge in [-0.2, -0.15) is 0 Å². The summed E-state index contributed by atoms with van der Waals surface area (Å²) in [4.78, 5) is 25.9. The summed E-state index contributed by atoms with van der Waals surface area (Å²) < 4.78 is 0. The Balaban J connectivity index is 2.05. The molecule has 1 saturated carbocycles. The number of carboxylic acids is 1. The number of nitrogens with zero attached hydrogens (tertiary/aromatic N) is 1. The van der Waals surface area contributed by atoms with E-state index in [-0.39, 0.29) is 28.9 Å². The topological polar surface area (TPSA) is 57.6 Å². The lowest BCUT2D eigenvalue weighted by molar-refractivity contribution is -0.142. The Hall–Kier alpha value is -0.710. The molecule has 0 radical (unpaired) electrons. The minimum atomic E-state index is -0.735. The monoisotopic (exact) mass is 299 g/mol. The molecular formula is C15H25NO3S. The SMILES string of the molecule is CCSC(C(=O)N1C[C@H](C(=O)O)[C@@H](C2CC2)C1)C(C)C. The van der Waals surface area contributed by atoms with Crippen LogP contribution in [0.4, 0.5) is 0 Å². The third-order valence-corrected chi connectivity index (χ3v) is 5.86. The van der Waals surface area contributed by atoms with Gasteiger partial charge in [0.25, 0.3) is 0 Å². The summed E-state index contributed by atoms with van der Waals surface area (Å²) in [6.45, 7) is 7.24. The average molecular weight is 299 g/mol. The molecule has 2 fully saturated rings. The van der Waals surface area contributed by atoms with Gasteiger partial charge in [0.1, 0.15) is 0 Å². The van der Waals surface area contributed by atoms with Crippen LogP contribution < -0.4 is 0 Å². The number of amides is 1. The molecule has 20 heavy (non-hydrogen) atoms. The second-order valence-electron chi connectivity index (χ2n) is 6.31. The number of carbonyl (C=O) groups is 2. The Labute approximate surface area is 125 Å². The van der Waals surface area contributed by atoms with Gasteiger partial charge < -0.3 is 10.0 Å². The first-order valence-electron chi connectivity index (χ1n) is 7.58. The van der Waals surface area contributed by atoms with Gasteiger partial charge >= 0.3 is 5.97 Å². The van der Waals surface area contributed by atoms with Gasteiger partial charge in [-0.3, -0.25) is 9.59 Å². The van der Waals surface area contributed by atoms with Crippen LogP contribution in [0.5, 0.6) is 0 Å². The van der Waals surface area contributed by atoms with E-state index in [2.05, 4.69) is 20.8 Å². The maximum atomic E-state index is 12.6. The lowest BCUT2D eigenvalue weighted by Crippen LogP contribution is -2.39. The molecule has 4 nitrogen and oxygen atoms in total. The molecular weight excluding hydrogens is 274 g/mol. The van der Waals surface area contributed by atoms with Gasteiger partial charge in [-0.25, -0.2) is 0 Å². The zero-order valence-electron chi connectivity index (χ0n) is 12.5. The van der Waals surface area contributed by atoms with Crippen molar-refractivity contribution in [3.05, 3.63) is 0 Å². The minimum Gasteiger partial charge on any atom is -0.481 e. The molecule has 1 unspecified atom stereocenters. The number of hydrogen-bond acceptors (Lipinski definition) is 3. The van der Waals surface area contributed by atoms with E-state index in [1.807, 2.05) is 4.90 Å².